The van der Waals surface area contributed by atoms with Crippen LogP contribution >= 0.6 is 0 Å². The molecule has 1 atom stereocenters. The lowest BCUT2D eigenvalue weighted by Crippen LogP contribution is -2.14. The van der Waals surface area contributed by atoms with Crippen LogP contribution in [-0.4, -0.2) is 18.7 Å². The highest BCUT2D eigenvalue weighted by Gasteiger charge is 2.17. The Labute approximate surface area is 143 Å². The summed E-state index contributed by atoms with van der Waals surface area (Å²) in [4.78, 5) is 24.7. The van der Waals surface area contributed by atoms with Gasteiger partial charge < -0.3 is 4.74 Å². The third-order valence-electron chi connectivity index (χ3n) is 4.10. The van der Waals surface area contributed by atoms with Crippen molar-refractivity contribution in [1.82, 2.24) is 0 Å². The summed E-state index contributed by atoms with van der Waals surface area (Å²) < 4.78 is 5.12. The van der Waals surface area contributed by atoms with Gasteiger partial charge in [-0.25, -0.2) is 0 Å². The molecule has 0 fully saturated rings. The molecule has 0 aliphatic carbocycles. The molecule has 126 valence electrons. The molecule has 2 rings (SSSR count). The number of hydrogen-bond donors (Lipinski definition) is 0. The molecule has 0 N–H and O–H groups in total. The van der Waals surface area contributed by atoms with Crippen molar-refractivity contribution in [2.45, 2.75) is 27.2 Å². The topological polar surface area (TPSA) is 43.4 Å². The third kappa shape index (κ3) is 4.31. The van der Waals surface area contributed by atoms with Crippen LogP contribution in [0.4, 0.5) is 0 Å². The Kier molecular flexibility index (Phi) is 5.91. The Morgan fingerprint density at radius 3 is 2.17 bits per heavy atom. The smallest absolute Gasteiger partial charge is 0.165 e. The SMILES string of the molecule is COc1ccc(C(=O)C(C)Cc2cccc(C(=O)C(C)C)c2)cc1. The predicted molar refractivity (Wildman–Crippen MR) is 95.8 cm³/mol. The first-order chi connectivity index (χ1) is 11.4. The van der Waals surface area contributed by atoms with Gasteiger partial charge in [0.15, 0.2) is 11.6 Å². The fraction of sp³-hybridized carbons (Fsp3) is 0.333. The molecule has 0 spiro atoms. The van der Waals surface area contributed by atoms with E-state index in [4.69, 9.17) is 4.74 Å². The van der Waals surface area contributed by atoms with Crippen molar-refractivity contribution in [3.05, 3.63) is 65.2 Å². The molecule has 0 bridgehead atoms. The van der Waals surface area contributed by atoms with Crippen LogP contribution in [0.1, 0.15) is 47.1 Å². The molecule has 0 aliphatic heterocycles. The van der Waals surface area contributed by atoms with Crippen molar-refractivity contribution >= 4 is 11.6 Å². The van der Waals surface area contributed by atoms with Crippen LogP contribution in [0.5, 0.6) is 5.75 Å². The third-order valence-corrected chi connectivity index (χ3v) is 4.10. The first-order valence-corrected chi connectivity index (χ1v) is 8.23. The van der Waals surface area contributed by atoms with Crippen LogP contribution in [-0.2, 0) is 6.42 Å². The van der Waals surface area contributed by atoms with Crippen LogP contribution in [0.2, 0.25) is 0 Å². The van der Waals surface area contributed by atoms with E-state index in [1.807, 2.05) is 45.0 Å². The van der Waals surface area contributed by atoms with Gasteiger partial charge in [-0.15, -0.1) is 0 Å². The summed E-state index contributed by atoms with van der Waals surface area (Å²) in [6, 6.07) is 14.8. The monoisotopic (exact) mass is 324 g/mol. The van der Waals surface area contributed by atoms with Crippen LogP contribution < -0.4 is 4.74 Å². The fourth-order valence-corrected chi connectivity index (χ4v) is 2.67. The fourth-order valence-electron chi connectivity index (χ4n) is 2.67. The Bertz CT molecular complexity index is 714. The van der Waals surface area contributed by atoms with Gasteiger partial charge >= 0.3 is 0 Å². The highest BCUT2D eigenvalue weighted by Crippen LogP contribution is 2.19. The number of ketones is 2. The molecule has 0 radical (unpaired) electrons. The van der Waals surface area contributed by atoms with E-state index < -0.39 is 0 Å². The second kappa shape index (κ2) is 7.91. The summed E-state index contributed by atoms with van der Waals surface area (Å²) in [6.07, 6.45) is 0.615. The number of rotatable bonds is 7. The van der Waals surface area contributed by atoms with Crippen LogP contribution in [0.15, 0.2) is 48.5 Å². The number of hydrogen-bond acceptors (Lipinski definition) is 3. The molecular weight excluding hydrogens is 300 g/mol. The lowest BCUT2D eigenvalue weighted by molar-refractivity contribution is 0.0927. The van der Waals surface area contributed by atoms with Crippen molar-refractivity contribution in [2.24, 2.45) is 11.8 Å². The van der Waals surface area contributed by atoms with Gasteiger partial charge in [0.05, 0.1) is 7.11 Å². The first kappa shape index (κ1) is 17.9. The minimum Gasteiger partial charge on any atom is -0.497 e. The number of benzene rings is 2. The lowest BCUT2D eigenvalue weighted by Gasteiger charge is -2.12. The molecule has 0 amide bonds. The van der Waals surface area contributed by atoms with Gasteiger partial charge in [-0.2, -0.15) is 0 Å². The van der Waals surface area contributed by atoms with Gasteiger partial charge in [0.1, 0.15) is 5.75 Å². The maximum Gasteiger partial charge on any atom is 0.165 e. The Morgan fingerprint density at radius 2 is 1.58 bits per heavy atom. The number of carbonyl (C=O) groups is 2. The van der Waals surface area contributed by atoms with Crippen molar-refractivity contribution < 1.29 is 14.3 Å². The summed E-state index contributed by atoms with van der Waals surface area (Å²) in [5.74, 6) is 0.782. The highest BCUT2D eigenvalue weighted by molar-refractivity contribution is 5.98. The van der Waals surface area contributed by atoms with Gasteiger partial charge in [0.25, 0.3) is 0 Å². The van der Waals surface area contributed by atoms with Gasteiger partial charge in [0, 0.05) is 23.0 Å². The molecule has 1 unspecified atom stereocenters. The van der Waals surface area contributed by atoms with Crippen molar-refractivity contribution in [3.8, 4) is 5.75 Å². The van der Waals surface area contributed by atoms with Gasteiger partial charge in [-0.3, -0.25) is 9.59 Å². The van der Waals surface area contributed by atoms with Crippen LogP contribution in [0, 0.1) is 11.8 Å². The summed E-state index contributed by atoms with van der Waals surface area (Å²) in [5.41, 5.74) is 2.40. The van der Waals surface area contributed by atoms with E-state index in [-0.39, 0.29) is 23.4 Å². The predicted octanol–water partition coefficient (Wildman–Crippen LogP) is 4.60. The zero-order chi connectivity index (χ0) is 17.7. The quantitative estimate of drug-likeness (QED) is 0.699. The maximum atomic E-state index is 12.6. The van der Waals surface area contributed by atoms with Gasteiger partial charge in [0.2, 0.25) is 0 Å². The minimum atomic E-state index is -0.150. The van der Waals surface area contributed by atoms with Crippen molar-refractivity contribution in [3.63, 3.8) is 0 Å². The van der Waals surface area contributed by atoms with Crippen molar-refractivity contribution in [1.29, 1.82) is 0 Å². The van der Waals surface area contributed by atoms with Crippen LogP contribution in [0.25, 0.3) is 0 Å². The van der Waals surface area contributed by atoms with Crippen LogP contribution in [0.3, 0.4) is 0 Å². The van der Waals surface area contributed by atoms with E-state index in [0.29, 0.717) is 17.5 Å². The molecule has 2 aromatic rings. The highest BCUT2D eigenvalue weighted by atomic mass is 16.5. The zero-order valence-corrected chi connectivity index (χ0v) is 14.7. The molecule has 3 nitrogen and oxygen atoms in total. The first-order valence-electron chi connectivity index (χ1n) is 8.23. The normalized spacial score (nSPS) is 12.0. The van der Waals surface area contributed by atoms with Gasteiger partial charge in [-0.05, 0) is 42.3 Å². The molecule has 3 heteroatoms. The molecular formula is C21H24O3. The van der Waals surface area contributed by atoms with E-state index in [2.05, 4.69) is 0 Å². The van der Waals surface area contributed by atoms with E-state index in [9.17, 15) is 9.59 Å². The molecule has 24 heavy (non-hydrogen) atoms. The summed E-state index contributed by atoms with van der Waals surface area (Å²) in [7, 11) is 1.60. The zero-order valence-electron chi connectivity index (χ0n) is 14.7. The molecule has 0 saturated heterocycles. The van der Waals surface area contributed by atoms with Gasteiger partial charge in [-0.1, -0.05) is 39.0 Å². The average molecular weight is 324 g/mol. The standard InChI is InChI=1S/C21H24O3/c1-14(2)20(22)18-7-5-6-16(13-18)12-15(3)21(23)17-8-10-19(24-4)11-9-17/h5-11,13-15H,12H2,1-4H3. The summed E-state index contributed by atoms with van der Waals surface area (Å²) >= 11 is 0. The molecule has 0 saturated carbocycles. The van der Waals surface area contributed by atoms with E-state index >= 15 is 0 Å². The number of ether oxygens (including phenoxy) is 1. The Balaban J connectivity index is 2.10. The maximum absolute atomic E-state index is 12.6. The Morgan fingerprint density at radius 1 is 0.917 bits per heavy atom. The summed E-state index contributed by atoms with van der Waals surface area (Å²) in [6.45, 7) is 5.71. The van der Waals surface area contributed by atoms with Crippen molar-refractivity contribution in [2.75, 3.05) is 7.11 Å². The number of Topliss-reactive ketones (excluding diaryl/α,β-unsaturated/α-hetero) is 2. The second-order valence-corrected chi connectivity index (χ2v) is 6.42. The molecule has 0 heterocycles. The largest absolute Gasteiger partial charge is 0.497 e. The minimum absolute atomic E-state index is 0.0291. The Hall–Kier alpha value is -2.42. The second-order valence-electron chi connectivity index (χ2n) is 6.42. The molecule has 0 aliphatic rings. The van der Waals surface area contributed by atoms with E-state index in [0.717, 1.165) is 11.3 Å². The number of methoxy groups -OCH3 is 1. The summed E-state index contributed by atoms with van der Waals surface area (Å²) in [5, 5.41) is 0. The lowest BCUT2D eigenvalue weighted by atomic mass is 9.91. The number of carbonyl (C=O) groups excluding carboxylic acids is 2. The van der Waals surface area contributed by atoms with E-state index in [1.165, 1.54) is 0 Å². The average Bonchev–Trinajstić information content (AvgIpc) is 2.60. The molecule has 0 aromatic heterocycles. The van der Waals surface area contributed by atoms with E-state index in [1.54, 1.807) is 31.4 Å². The molecule has 2 aromatic carbocycles.